The highest BCUT2D eigenvalue weighted by Crippen LogP contribution is 2.01. The minimum absolute atomic E-state index is 0.333. The highest BCUT2D eigenvalue weighted by atomic mass is 16.4. The van der Waals surface area contributed by atoms with Crippen molar-refractivity contribution in [3.05, 3.63) is 0 Å². The van der Waals surface area contributed by atoms with E-state index in [0.29, 0.717) is 6.42 Å². The number of aliphatic hydroxyl groups is 6. The van der Waals surface area contributed by atoms with Crippen LogP contribution in [0.15, 0.2) is 0 Å². The zero-order chi connectivity index (χ0) is 27.8. The van der Waals surface area contributed by atoms with Crippen molar-refractivity contribution in [3.8, 4) is 0 Å². The number of rotatable bonds is 9. The molecule has 0 spiro atoms. The molecule has 0 unspecified atom stereocenters. The molecular weight excluding hydrogens is 452 g/mol. The fraction of sp³-hybridized carbons (Fsp3) is 0.789. The van der Waals surface area contributed by atoms with Crippen molar-refractivity contribution >= 4 is 23.9 Å². The predicted octanol–water partition coefficient (Wildman–Crippen LogP) is -1.02. The molecule has 0 fully saturated rings. The van der Waals surface area contributed by atoms with E-state index in [2.05, 4.69) is 6.92 Å². The van der Waals surface area contributed by atoms with Crippen molar-refractivity contribution in [1.82, 2.24) is 0 Å². The molecule has 0 aliphatic carbocycles. The number of hydrogen-bond donors (Lipinski definition) is 10. The molecule has 14 heteroatoms. The van der Waals surface area contributed by atoms with Crippen molar-refractivity contribution in [2.24, 2.45) is 0 Å². The number of hydrogen-bond acceptors (Lipinski definition) is 10. The lowest BCUT2D eigenvalue weighted by Crippen LogP contribution is -2.15. The Kier molecular flexibility index (Phi) is 53.8. The molecule has 0 aliphatic rings. The van der Waals surface area contributed by atoms with Gasteiger partial charge in [0, 0.05) is 27.2 Å². The molecule has 0 heterocycles. The highest BCUT2D eigenvalue weighted by Gasteiger charge is 1.95. The normalized spacial score (nSPS) is 8.48. The van der Waals surface area contributed by atoms with Gasteiger partial charge < -0.3 is 51.1 Å². The number of carboxylic acids is 4. The van der Waals surface area contributed by atoms with Crippen molar-refractivity contribution < 1.29 is 70.2 Å². The SMILES string of the molecule is CC(=O)O.CC(=O)O.CC(=O)O.CCCCCCC(=O)O.OCC(O)CO.OCC(O)CO. The summed E-state index contributed by atoms with van der Waals surface area (Å²) in [6, 6.07) is 0. The molecule has 0 aromatic rings. The van der Waals surface area contributed by atoms with Gasteiger partial charge in [-0.05, 0) is 6.42 Å². The maximum atomic E-state index is 9.96. The Morgan fingerprint density at radius 3 is 0.939 bits per heavy atom. The van der Waals surface area contributed by atoms with E-state index in [1.54, 1.807) is 0 Å². The molecule has 0 atom stereocenters. The minimum atomic E-state index is -0.954. The number of aliphatic hydroxyl groups excluding tert-OH is 6. The van der Waals surface area contributed by atoms with Gasteiger partial charge >= 0.3 is 5.97 Å². The topological polar surface area (TPSA) is 271 Å². The molecule has 0 saturated carbocycles. The zero-order valence-corrected chi connectivity index (χ0v) is 19.6. The molecule has 0 bridgehead atoms. The molecule has 0 aliphatic heterocycles. The Bertz CT molecular complexity index is 370. The maximum absolute atomic E-state index is 9.96. The number of aliphatic carboxylic acids is 4. The molecule has 14 nitrogen and oxygen atoms in total. The van der Waals surface area contributed by atoms with Crippen molar-refractivity contribution in [1.29, 1.82) is 0 Å². The van der Waals surface area contributed by atoms with Crippen LogP contribution in [0.2, 0.25) is 0 Å². The van der Waals surface area contributed by atoms with Gasteiger partial charge in [0.05, 0.1) is 26.4 Å². The average molecular weight is 495 g/mol. The molecule has 33 heavy (non-hydrogen) atoms. The van der Waals surface area contributed by atoms with E-state index in [1.165, 1.54) is 6.42 Å². The number of carboxylic acid groups (broad SMARTS) is 4. The molecule has 0 amide bonds. The van der Waals surface area contributed by atoms with Crippen molar-refractivity contribution in [2.45, 2.75) is 72.0 Å². The first-order chi connectivity index (χ1) is 15.1. The second-order valence-electron chi connectivity index (χ2n) is 5.80. The van der Waals surface area contributed by atoms with Crippen LogP contribution in [0.4, 0.5) is 0 Å². The third-order valence-corrected chi connectivity index (χ3v) is 2.09. The molecule has 202 valence electrons. The smallest absolute Gasteiger partial charge is 0.303 e. The Labute approximate surface area is 193 Å². The summed E-state index contributed by atoms with van der Waals surface area (Å²) in [7, 11) is 0. The fourth-order valence-corrected chi connectivity index (χ4v) is 0.818. The van der Waals surface area contributed by atoms with E-state index in [9.17, 15) is 4.79 Å². The third kappa shape index (κ3) is 167. The van der Waals surface area contributed by atoms with E-state index in [1.807, 2.05) is 0 Å². The molecular formula is C19H42O14. The maximum Gasteiger partial charge on any atom is 0.303 e. The largest absolute Gasteiger partial charge is 0.481 e. The summed E-state index contributed by atoms with van der Waals surface area (Å²) in [6.07, 6.45) is 2.65. The highest BCUT2D eigenvalue weighted by molar-refractivity contribution is 5.66. The fourth-order valence-electron chi connectivity index (χ4n) is 0.818. The lowest BCUT2D eigenvalue weighted by Gasteiger charge is -1.96. The van der Waals surface area contributed by atoms with Crippen LogP contribution in [0.1, 0.15) is 59.8 Å². The van der Waals surface area contributed by atoms with E-state index in [-0.39, 0.29) is 26.4 Å². The van der Waals surface area contributed by atoms with Crippen LogP contribution in [0, 0.1) is 0 Å². The average Bonchev–Trinajstić information content (AvgIpc) is 2.69. The standard InChI is InChI=1S/C7H14O2.2C3H8O3.3C2H4O2/c1-2-3-4-5-6-7(8)9;2*4-1-3(6)2-5;3*1-2(3)4/h2-6H2,1H3,(H,8,9);2*3-6H,1-2H2;3*1H3,(H,3,4). The van der Waals surface area contributed by atoms with Gasteiger partial charge in [0.25, 0.3) is 17.9 Å². The molecule has 0 aromatic carbocycles. The van der Waals surface area contributed by atoms with Crippen LogP contribution in [0.25, 0.3) is 0 Å². The predicted molar refractivity (Wildman–Crippen MR) is 117 cm³/mol. The van der Waals surface area contributed by atoms with Crippen molar-refractivity contribution in [3.63, 3.8) is 0 Å². The third-order valence-electron chi connectivity index (χ3n) is 2.09. The van der Waals surface area contributed by atoms with Gasteiger partial charge in [-0.2, -0.15) is 0 Å². The van der Waals surface area contributed by atoms with E-state index >= 15 is 0 Å². The van der Waals surface area contributed by atoms with Crippen LogP contribution in [-0.2, 0) is 19.2 Å². The molecule has 0 radical (unpaired) electrons. The first-order valence-electron chi connectivity index (χ1n) is 9.69. The minimum Gasteiger partial charge on any atom is -0.481 e. The number of carbonyl (C=O) groups is 4. The van der Waals surface area contributed by atoms with Gasteiger partial charge in [0.15, 0.2) is 0 Å². The van der Waals surface area contributed by atoms with Crippen molar-refractivity contribution in [2.75, 3.05) is 26.4 Å². The summed E-state index contributed by atoms with van der Waals surface area (Å²) < 4.78 is 0. The number of unbranched alkanes of at least 4 members (excludes halogenated alkanes) is 3. The van der Waals surface area contributed by atoms with Crippen LogP contribution in [0.3, 0.4) is 0 Å². The molecule has 0 saturated heterocycles. The van der Waals surface area contributed by atoms with Crippen LogP contribution >= 0.6 is 0 Å². The monoisotopic (exact) mass is 494 g/mol. The van der Waals surface area contributed by atoms with E-state index in [0.717, 1.165) is 40.0 Å². The first-order valence-corrected chi connectivity index (χ1v) is 9.69. The van der Waals surface area contributed by atoms with E-state index < -0.39 is 36.1 Å². The lowest BCUT2D eigenvalue weighted by atomic mass is 10.2. The van der Waals surface area contributed by atoms with Gasteiger partial charge in [0.1, 0.15) is 12.2 Å². The van der Waals surface area contributed by atoms with Gasteiger partial charge in [-0.25, -0.2) is 0 Å². The molecule has 10 N–H and O–H groups in total. The molecule has 0 rings (SSSR count). The van der Waals surface area contributed by atoms with E-state index in [4.69, 9.17) is 65.4 Å². The van der Waals surface area contributed by atoms with Crippen LogP contribution in [-0.4, -0.2) is 114 Å². The summed E-state index contributed by atoms with van der Waals surface area (Å²) in [5, 5.41) is 78.5. The Morgan fingerprint density at radius 2 is 0.818 bits per heavy atom. The Balaban J connectivity index is -0.0000000684. The second-order valence-corrected chi connectivity index (χ2v) is 5.80. The summed E-state index contributed by atoms with van der Waals surface area (Å²) in [5.41, 5.74) is 0. The summed E-state index contributed by atoms with van der Waals surface area (Å²) in [4.78, 5) is 37.0. The quantitative estimate of drug-likeness (QED) is 0.172. The van der Waals surface area contributed by atoms with Crippen LogP contribution < -0.4 is 0 Å². The Hall–Kier alpha value is -2.36. The van der Waals surface area contributed by atoms with Gasteiger partial charge in [0.2, 0.25) is 0 Å². The summed E-state index contributed by atoms with van der Waals surface area (Å²) >= 11 is 0. The second kappa shape index (κ2) is 40.0. The van der Waals surface area contributed by atoms with Crippen LogP contribution in [0.5, 0.6) is 0 Å². The summed E-state index contributed by atoms with van der Waals surface area (Å²) in [6.45, 7) is 3.90. The van der Waals surface area contributed by atoms with Gasteiger partial charge in [-0.3, -0.25) is 19.2 Å². The van der Waals surface area contributed by atoms with Gasteiger partial charge in [-0.15, -0.1) is 0 Å². The Morgan fingerprint density at radius 1 is 0.576 bits per heavy atom. The molecule has 0 aromatic heterocycles. The lowest BCUT2D eigenvalue weighted by molar-refractivity contribution is -0.137. The van der Waals surface area contributed by atoms with Gasteiger partial charge in [-0.1, -0.05) is 26.2 Å². The first kappa shape index (κ1) is 44.3. The summed E-state index contributed by atoms with van der Waals surface area (Å²) in [5.74, 6) is -3.17. The zero-order valence-electron chi connectivity index (χ0n) is 19.6.